The molecule has 0 saturated carbocycles. The molecule has 0 radical (unpaired) electrons. The van der Waals surface area contributed by atoms with Crippen LogP contribution in [0.15, 0.2) is 24.3 Å². The molecule has 124 valence electrons. The summed E-state index contributed by atoms with van der Waals surface area (Å²) in [5.74, 6) is 1.18. The van der Waals surface area contributed by atoms with Gasteiger partial charge in [-0.25, -0.2) is 0 Å². The highest BCUT2D eigenvalue weighted by Crippen LogP contribution is 2.32. The first kappa shape index (κ1) is 15.5. The number of hydrogen-bond acceptors (Lipinski definition) is 5. The van der Waals surface area contributed by atoms with E-state index in [1.165, 1.54) is 0 Å². The first-order chi connectivity index (χ1) is 11.6. The van der Waals surface area contributed by atoms with E-state index in [-0.39, 0.29) is 5.91 Å². The lowest BCUT2D eigenvalue weighted by atomic mass is 9.97. The number of halogens is 1. The Morgan fingerprint density at radius 3 is 2.71 bits per heavy atom. The standard InChI is InChI=1S/C16H16ClN5OS/c1-10-18-19-16-22(10)20-14(24-16)11-6-8-21(9-7-11)15(23)12-4-2-3-5-13(12)17/h2-5,11H,6-9H2,1H3. The van der Waals surface area contributed by atoms with Crippen molar-refractivity contribution in [1.82, 2.24) is 24.7 Å². The first-order valence-corrected chi connectivity index (χ1v) is 9.05. The number of piperidine rings is 1. The molecule has 0 unspecified atom stereocenters. The van der Waals surface area contributed by atoms with Crippen molar-refractivity contribution in [2.45, 2.75) is 25.7 Å². The normalized spacial score (nSPS) is 16.0. The lowest BCUT2D eigenvalue weighted by molar-refractivity contribution is 0.0713. The van der Waals surface area contributed by atoms with E-state index in [9.17, 15) is 4.79 Å². The maximum Gasteiger partial charge on any atom is 0.255 e. The first-order valence-electron chi connectivity index (χ1n) is 7.86. The summed E-state index contributed by atoms with van der Waals surface area (Å²) in [5, 5.41) is 14.3. The Morgan fingerprint density at radius 2 is 2.00 bits per heavy atom. The van der Waals surface area contributed by atoms with Gasteiger partial charge in [0, 0.05) is 19.0 Å². The molecular formula is C16H16ClN5OS. The van der Waals surface area contributed by atoms with Crippen molar-refractivity contribution in [3.05, 3.63) is 45.7 Å². The zero-order valence-electron chi connectivity index (χ0n) is 13.1. The van der Waals surface area contributed by atoms with E-state index in [1.807, 2.05) is 24.0 Å². The van der Waals surface area contributed by atoms with Crippen molar-refractivity contribution >= 4 is 33.8 Å². The Kier molecular flexibility index (Phi) is 3.97. The smallest absolute Gasteiger partial charge is 0.255 e. The van der Waals surface area contributed by atoms with Crippen molar-refractivity contribution in [2.75, 3.05) is 13.1 Å². The second-order valence-electron chi connectivity index (χ2n) is 5.93. The summed E-state index contributed by atoms with van der Waals surface area (Å²) in [6.07, 6.45) is 1.80. The molecule has 6 nitrogen and oxygen atoms in total. The number of aryl methyl sites for hydroxylation is 1. The summed E-state index contributed by atoms with van der Waals surface area (Å²) >= 11 is 7.73. The summed E-state index contributed by atoms with van der Waals surface area (Å²) in [7, 11) is 0. The number of benzene rings is 1. The van der Waals surface area contributed by atoms with Gasteiger partial charge in [-0.15, -0.1) is 10.2 Å². The van der Waals surface area contributed by atoms with E-state index in [0.717, 1.165) is 28.6 Å². The fourth-order valence-electron chi connectivity index (χ4n) is 3.03. The number of carbonyl (C=O) groups excluding carboxylic acids is 1. The molecule has 24 heavy (non-hydrogen) atoms. The Labute approximate surface area is 148 Å². The highest BCUT2D eigenvalue weighted by molar-refractivity contribution is 7.16. The van der Waals surface area contributed by atoms with E-state index in [1.54, 1.807) is 28.0 Å². The van der Waals surface area contributed by atoms with Crippen molar-refractivity contribution in [3.8, 4) is 0 Å². The van der Waals surface area contributed by atoms with Gasteiger partial charge in [0.2, 0.25) is 4.96 Å². The summed E-state index contributed by atoms with van der Waals surface area (Å²) < 4.78 is 1.79. The quantitative estimate of drug-likeness (QED) is 0.703. The highest BCUT2D eigenvalue weighted by Gasteiger charge is 2.27. The third-order valence-electron chi connectivity index (χ3n) is 4.40. The van der Waals surface area contributed by atoms with Crippen LogP contribution in [0, 0.1) is 6.92 Å². The molecule has 4 rings (SSSR count). The molecule has 3 heterocycles. The van der Waals surface area contributed by atoms with Gasteiger partial charge in [0.05, 0.1) is 10.6 Å². The lowest BCUT2D eigenvalue weighted by Crippen LogP contribution is -2.38. The summed E-state index contributed by atoms with van der Waals surface area (Å²) in [4.78, 5) is 15.3. The number of fused-ring (bicyclic) bond motifs is 1. The monoisotopic (exact) mass is 361 g/mol. The highest BCUT2D eigenvalue weighted by atomic mass is 35.5. The molecule has 1 fully saturated rings. The van der Waals surface area contributed by atoms with Crippen LogP contribution in [-0.4, -0.2) is 43.7 Å². The molecule has 0 bridgehead atoms. The summed E-state index contributed by atoms with van der Waals surface area (Å²) in [6, 6.07) is 7.21. The predicted molar refractivity (Wildman–Crippen MR) is 92.7 cm³/mol. The van der Waals surface area contributed by atoms with Crippen molar-refractivity contribution in [2.24, 2.45) is 0 Å². The van der Waals surface area contributed by atoms with Gasteiger partial charge in [-0.3, -0.25) is 4.79 Å². The Balaban J connectivity index is 1.46. The molecule has 1 aliphatic rings. The molecule has 2 aromatic heterocycles. The number of likely N-dealkylation sites (tertiary alicyclic amines) is 1. The zero-order valence-corrected chi connectivity index (χ0v) is 14.7. The third kappa shape index (κ3) is 2.67. The predicted octanol–water partition coefficient (Wildman–Crippen LogP) is 3.17. The molecule has 8 heteroatoms. The van der Waals surface area contributed by atoms with Gasteiger partial charge >= 0.3 is 0 Å². The van der Waals surface area contributed by atoms with Gasteiger partial charge in [0.15, 0.2) is 5.82 Å². The molecular weight excluding hydrogens is 346 g/mol. The van der Waals surface area contributed by atoms with Crippen LogP contribution >= 0.6 is 22.9 Å². The van der Waals surface area contributed by atoms with Gasteiger partial charge in [0.1, 0.15) is 5.01 Å². The summed E-state index contributed by atoms with van der Waals surface area (Å²) in [5.41, 5.74) is 0.576. The lowest BCUT2D eigenvalue weighted by Gasteiger charge is -2.31. The van der Waals surface area contributed by atoms with Gasteiger partial charge < -0.3 is 4.90 Å². The van der Waals surface area contributed by atoms with Crippen LogP contribution in [0.4, 0.5) is 0 Å². The van der Waals surface area contributed by atoms with E-state index in [2.05, 4.69) is 15.3 Å². The van der Waals surface area contributed by atoms with E-state index in [4.69, 9.17) is 11.6 Å². The van der Waals surface area contributed by atoms with Gasteiger partial charge in [-0.1, -0.05) is 35.1 Å². The van der Waals surface area contributed by atoms with Crippen LogP contribution in [0.25, 0.3) is 4.96 Å². The van der Waals surface area contributed by atoms with Gasteiger partial charge in [-0.2, -0.15) is 9.61 Å². The topological polar surface area (TPSA) is 63.4 Å². The zero-order chi connectivity index (χ0) is 16.7. The molecule has 3 aromatic rings. The average Bonchev–Trinajstić information content (AvgIpc) is 3.17. The molecule has 1 aliphatic heterocycles. The Morgan fingerprint density at radius 1 is 1.25 bits per heavy atom. The van der Waals surface area contributed by atoms with Crippen LogP contribution in [0.3, 0.4) is 0 Å². The number of amides is 1. The van der Waals surface area contributed by atoms with E-state index < -0.39 is 0 Å². The number of nitrogens with zero attached hydrogens (tertiary/aromatic N) is 5. The van der Waals surface area contributed by atoms with Crippen molar-refractivity contribution in [1.29, 1.82) is 0 Å². The van der Waals surface area contributed by atoms with Crippen molar-refractivity contribution in [3.63, 3.8) is 0 Å². The second-order valence-corrected chi connectivity index (χ2v) is 7.32. The molecule has 1 saturated heterocycles. The minimum atomic E-state index is 0.00744. The van der Waals surface area contributed by atoms with Gasteiger partial charge in [0.25, 0.3) is 5.91 Å². The van der Waals surface area contributed by atoms with Crippen LogP contribution in [0.2, 0.25) is 5.02 Å². The van der Waals surface area contributed by atoms with Crippen molar-refractivity contribution < 1.29 is 4.79 Å². The second kappa shape index (κ2) is 6.14. The van der Waals surface area contributed by atoms with Crippen LogP contribution in [0.5, 0.6) is 0 Å². The van der Waals surface area contributed by atoms with Crippen LogP contribution < -0.4 is 0 Å². The maximum absolute atomic E-state index is 12.6. The molecule has 0 aliphatic carbocycles. The van der Waals surface area contributed by atoms with E-state index in [0.29, 0.717) is 29.6 Å². The van der Waals surface area contributed by atoms with Crippen LogP contribution in [-0.2, 0) is 0 Å². The molecule has 0 spiro atoms. The SMILES string of the molecule is Cc1nnc2sc(C3CCN(C(=O)c4ccccc4Cl)CC3)nn12. The Hall–Kier alpha value is -1.99. The molecule has 0 N–H and O–H groups in total. The fourth-order valence-corrected chi connectivity index (χ4v) is 4.30. The number of carbonyl (C=O) groups is 1. The molecule has 1 aromatic carbocycles. The number of rotatable bonds is 2. The summed E-state index contributed by atoms with van der Waals surface area (Å²) in [6.45, 7) is 3.33. The third-order valence-corrected chi connectivity index (χ3v) is 5.79. The van der Waals surface area contributed by atoms with E-state index >= 15 is 0 Å². The number of aromatic nitrogens is 4. The maximum atomic E-state index is 12.6. The minimum Gasteiger partial charge on any atom is -0.339 e. The fraction of sp³-hybridized carbons (Fsp3) is 0.375. The minimum absolute atomic E-state index is 0.00744. The Bertz CT molecular complexity index is 897. The van der Waals surface area contributed by atoms with Crippen LogP contribution in [0.1, 0.15) is 39.9 Å². The number of hydrogen-bond donors (Lipinski definition) is 0. The molecule has 0 atom stereocenters. The average molecular weight is 362 g/mol. The molecule has 1 amide bonds. The van der Waals surface area contributed by atoms with Gasteiger partial charge in [-0.05, 0) is 31.9 Å². The largest absolute Gasteiger partial charge is 0.339 e.